The van der Waals surface area contributed by atoms with Crippen LogP contribution >= 0.6 is 21.6 Å². The van der Waals surface area contributed by atoms with E-state index < -0.39 is 16.8 Å². The zero-order valence-corrected chi connectivity index (χ0v) is 12.2. The Bertz CT molecular complexity index is 260. The molecule has 0 atom stereocenters. The molecule has 0 aromatic heterocycles. The van der Waals surface area contributed by atoms with Gasteiger partial charge < -0.3 is 10.1 Å². The highest BCUT2D eigenvalue weighted by Gasteiger charge is 2.39. The lowest BCUT2D eigenvalue weighted by Gasteiger charge is -2.23. The molecular formula is C10H18F3NO2S2. The van der Waals surface area contributed by atoms with Gasteiger partial charge in [-0.05, 0) is 20.3 Å². The van der Waals surface area contributed by atoms with E-state index in [2.05, 4.69) is 0 Å². The Balaban J connectivity index is 3.83. The largest absolute Gasteiger partial charge is 0.471 e. The first-order valence-electron chi connectivity index (χ1n) is 5.42. The third-order valence-electron chi connectivity index (χ3n) is 1.70. The third kappa shape index (κ3) is 8.93. The standard InChI is InChI=1S/C10H18F3NO2S2/c1-4-5-16-7-17-18-9(2,3)6-14-8(15)10(11,12)13/h4-7H2,1-3H3,(H,14,15). The van der Waals surface area contributed by atoms with Gasteiger partial charge in [0.2, 0.25) is 0 Å². The molecule has 1 amide bonds. The number of ether oxygens (including phenoxy) is 1. The van der Waals surface area contributed by atoms with Gasteiger partial charge in [0.05, 0.1) is 0 Å². The van der Waals surface area contributed by atoms with Gasteiger partial charge >= 0.3 is 12.1 Å². The molecule has 0 bridgehead atoms. The zero-order chi connectivity index (χ0) is 14.2. The second-order valence-corrected chi connectivity index (χ2v) is 7.12. The monoisotopic (exact) mass is 305 g/mol. The fraction of sp³-hybridized carbons (Fsp3) is 0.900. The first kappa shape index (κ1) is 17.9. The molecule has 0 aromatic carbocycles. The lowest BCUT2D eigenvalue weighted by molar-refractivity contribution is -0.173. The van der Waals surface area contributed by atoms with Crippen LogP contribution in [0.2, 0.25) is 0 Å². The van der Waals surface area contributed by atoms with E-state index >= 15 is 0 Å². The summed E-state index contributed by atoms with van der Waals surface area (Å²) in [6, 6.07) is 0. The van der Waals surface area contributed by atoms with E-state index in [0.717, 1.165) is 6.42 Å². The molecule has 0 heterocycles. The third-order valence-corrected chi connectivity index (χ3v) is 4.67. The Morgan fingerprint density at radius 3 is 2.44 bits per heavy atom. The fourth-order valence-corrected chi connectivity index (χ4v) is 3.01. The van der Waals surface area contributed by atoms with Crippen molar-refractivity contribution in [3.8, 4) is 0 Å². The van der Waals surface area contributed by atoms with Crippen molar-refractivity contribution in [1.82, 2.24) is 5.32 Å². The number of alkyl halides is 3. The second-order valence-electron chi connectivity index (χ2n) is 4.17. The number of rotatable bonds is 8. The van der Waals surface area contributed by atoms with Crippen molar-refractivity contribution in [3.63, 3.8) is 0 Å². The highest BCUT2D eigenvalue weighted by molar-refractivity contribution is 8.77. The van der Waals surface area contributed by atoms with Crippen LogP contribution in [0.25, 0.3) is 0 Å². The summed E-state index contributed by atoms with van der Waals surface area (Å²) in [4.78, 5) is 10.6. The lowest BCUT2D eigenvalue weighted by Crippen LogP contribution is -2.42. The summed E-state index contributed by atoms with van der Waals surface area (Å²) >= 11 is 0. The highest BCUT2D eigenvalue weighted by atomic mass is 33.1. The molecule has 0 rings (SSSR count). The number of halogens is 3. The molecule has 108 valence electrons. The maximum atomic E-state index is 12.0. The van der Waals surface area contributed by atoms with Crippen LogP contribution < -0.4 is 5.32 Å². The maximum absolute atomic E-state index is 12.0. The summed E-state index contributed by atoms with van der Waals surface area (Å²) < 4.78 is 40.7. The van der Waals surface area contributed by atoms with Gasteiger partial charge in [0.15, 0.2) is 0 Å². The Kier molecular flexibility index (Phi) is 8.13. The van der Waals surface area contributed by atoms with E-state index in [1.807, 2.05) is 12.2 Å². The Labute approximate surface area is 113 Å². The summed E-state index contributed by atoms with van der Waals surface area (Å²) in [5.41, 5.74) is 0. The molecule has 0 aromatic rings. The predicted molar refractivity (Wildman–Crippen MR) is 69.4 cm³/mol. The molecule has 3 nitrogen and oxygen atoms in total. The van der Waals surface area contributed by atoms with E-state index in [0.29, 0.717) is 12.5 Å². The van der Waals surface area contributed by atoms with Crippen molar-refractivity contribution in [2.45, 2.75) is 38.1 Å². The van der Waals surface area contributed by atoms with Gasteiger partial charge in [0.25, 0.3) is 0 Å². The van der Waals surface area contributed by atoms with Crippen LogP contribution in [0.1, 0.15) is 27.2 Å². The lowest BCUT2D eigenvalue weighted by atomic mass is 10.2. The smallest absolute Gasteiger partial charge is 0.370 e. The second kappa shape index (κ2) is 8.16. The number of nitrogens with one attached hydrogen (secondary N) is 1. The fourth-order valence-electron chi connectivity index (χ4n) is 0.844. The van der Waals surface area contributed by atoms with Crippen LogP contribution in [0.3, 0.4) is 0 Å². The molecule has 0 saturated heterocycles. The number of hydrogen-bond acceptors (Lipinski definition) is 4. The van der Waals surface area contributed by atoms with Crippen molar-refractivity contribution in [3.05, 3.63) is 0 Å². The van der Waals surface area contributed by atoms with Crippen LogP contribution in [-0.2, 0) is 9.53 Å². The number of amides is 1. The van der Waals surface area contributed by atoms with Crippen LogP contribution in [-0.4, -0.2) is 35.9 Å². The maximum Gasteiger partial charge on any atom is 0.471 e. The number of carbonyl (C=O) groups is 1. The van der Waals surface area contributed by atoms with Gasteiger partial charge in [0.1, 0.15) is 5.94 Å². The minimum Gasteiger partial charge on any atom is -0.370 e. The minimum atomic E-state index is -4.82. The molecule has 0 spiro atoms. The van der Waals surface area contributed by atoms with Crippen LogP contribution in [0, 0.1) is 0 Å². The van der Waals surface area contributed by atoms with Crippen LogP contribution in [0.5, 0.6) is 0 Å². The molecule has 0 saturated carbocycles. The number of hydrogen-bond donors (Lipinski definition) is 1. The van der Waals surface area contributed by atoms with Crippen molar-refractivity contribution < 1.29 is 22.7 Å². The quantitative estimate of drug-likeness (QED) is 0.424. The normalized spacial score (nSPS) is 12.6. The number of carbonyl (C=O) groups excluding carboxylic acids is 1. The Morgan fingerprint density at radius 1 is 1.33 bits per heavy atom. The van der Waals surface area contributed by atoms with Crippen molar-refractivity contribution in [1.29, 1.82) is 0 Å². The van der Waals surface area contributed by atoms with Gasteiger partial charge in [-0.3, -0.25) is 4.79 Å². The van der Waals surface area contributed by atoms with Gasteiger partial charge in [-0.15, -0.1) is 0 Å². The summed E-state index contributed by atoms with van der Waals surface area (Å²) in [7, 11) is 2.81. The molecule has 0 aliphatic rings. The molecule has 0 radical (unpaired) electrons. The van der Waals surface area contributed by atoms with E-state index in [-0.39, 0.29) is 6.54 Å². The van der Waals surface area contributed by atoms with E-state index in [1.165, 1.54) is 21.6 Å². The van der Waals surface area contributed by atoms with Gasteiger partial charge in [-0.1, -0.05) is 28.5 Å². The van der Waals surface area contributed by atoms with Gasteiger partial charge in [-0.25, -0.2) is 0 Å². The van der Waals surface area contributed by atoms with E-state index in [4.69, 9.17) is 4.74 Å². The summed E-state index contributed by atoms with van der Waals surface area (Å²) in [6.45, 7) is 6.15. The minimum absolute atomic E-state index is 0.0449. The first-order chi connectivity index (χ1) is 8.19. The first-order valence-corrected chi connectivity index (χ1v) is 7.74. The molecule has 18 heavy (non-hydrogen) atoms. The summed E-state index contributed by atoms with van der Waals surface area (Å²) in [5.74, 6) is -1.42. The summed E-state index contributed by atoms with van der Waals surface area (Å²) in [5, 5.41) is 1.88. The van der Waals surface area contributed by atoms with E-state index in [9.17, 15) is 18.0 Å². The highest BCUT2D eigenvalue weighted by Crippen LogP contribution is 2.35. The van der Waals surface area contributed by atoms with Gasteiger partial charge in [0, 0.05) is 17.9 Å². The molecular weight excluding hydrogens is 287 g/mol. The Morgan fingerprint density at radius 2 is 1.94 bits per heavy atom. The average molecular weight is 305 g/mol. The topological polar surface area (TPSA) is 38.3 Å². The molecule has 0 fully saturated rings. The van der Waals surface area contributed by atoms with Gasteiger partial charge in [-0.2, -0.15) is 13.2 Å². The molecule has 8 heteroatoms. The van der Waals surface area contributed by atoms with Crippen molar-refractivity contribution >= 4 is 27.5 Å². The molecule has 1 N–H and O–H groups in total. The predicted octanol–water partition coefficient (Wildman–Crippen LogP) is 3.21. The van der Waals surface area contributed by atoms with Crippen molar-refractivity contribution in [2.24, 2.45) is 0 Å². The molecule has 0 unspecified atom stereocenters. The van der Waals surface area contributed by atoms with E-state index in [1.54, 1.807) is 13.8 Å². The Hall–Kier alpha value is -0.0800. The SMILES string of the molecule is CCCOCSSC(C)(C)CNC(=O)C(F)(F)F. The van der Waals surface area contributed by atoms with Crippen LogP contribution in [0.4, 0.5) is 13.2 Å². The molecule has 0 aliphatic heterocycles. The average Bonchev–Trinajstić information content (AvgIpc) is 2.24. The zero-order valence-electron chi connectivity index (χ0n) is 10.6. The van der Waals surface area contributed by atoms with Crippen LogP contribution in [0.15, 0.2) is 0 Å². The summed E-state index contributed by atoms with van der Waals surface area (Å²) in [6.07, 6.45) is -3.89. The van der Waals surface area contributed by atoms with Crippen molar-refractivity contribution in [2.75, 3.05) is 19.1 Å². The molecule has 0 aliphatic carbocycles.